The Hall–Kier alpha value is 0.150. The number of sulfonamides is 1. The highest BCUT2D eigenvalue weighted by molar-refractivity contribution is 7.91. The monoisotopic (exact) mass is 316 g/mol. The Bertz CT molecular complexity index is 471. The minimum Gasteiger partial charge on any atom is -0.329 e. The van der Waals surface area contributed by atoms with Gasteiger partial charge >= 0.3 is 0 Å². The molecule has 1 heterocycles. The molecule has 0 bridgehead atoms. The summed E-state index contributed by atoms with van der Waals surface area (Å²) in [6.07, 6.45) is 2.10. The Morgan fingerprint density at radius 3 is 2.59 bits per heavy atom. The predicted molar refractivity (Wildman–Crippen MR) is 72.5 cm³/mol. The van der Waals surface area contributed by atoms with Crippen molar-refractivity contribution in [1.82, 2.24) is 4.72 Å². The SMILES string of the molecule is Cl.NCC(NS(=O)(=O)c1ccc(Cl)s1)C1CC1. The highest BCUT2D eigenvalue weighted by atomic mass is 35.5. The van der Waals surface area contributed by atoms with Crippen molar-refractivity contribution in [3.8, 4) is 0 Å². The van der Waals surface area contributed by atoms with E-state index < -0.39 is 10.0 Å². The van der Waals surface area contributed by atoms with Gasteiger partial charge in [-0.1, -0.05) is 11.6 Å². The lowest BCUT2D eigenvalue weighted by molar-refractivity contribution is 0.520. The summed E-state index contributed by atoms with van der Waals surface area (Å²) < 4.78 is 27.2. The van der Waals surface area contributed by atoms with Crippen LogP contribution in [-0.2, 0) is 10.0 Å². The highest BCUT2D eigenvalue weighted by Gasteiger charge is 2.33. The largest absolute Gasteiger partial charge is 0.329 e. The Labute approximate surface area is 116 Å². The molecule has 0 aliphatic heterocycles. The maximum absolute atomic E-state index is 11.9. The fourth-order valence-electron chi connectivity index (χ4n) is 1.53. The van der Waals surface area contributed by atoms with Crippen molar-refractivity contribution in [3.63, 3.8) is 0 Å². The first kappa shape index (κ1) is 15.2. The van der Waals surface area contributed by atoms with E-state index in [1.165, 1.54) is 6.07 Å². The van der Waals surface area contributed by atoms with Crippen molar-refractivity contribution in [2.75, 3.05) is 6.54 Å². The molecule has 1 saturated carbocycles. The first-order valence-electron chi connectivity index (χ1n) is 5.00. The molecule has 8 heteroatoms. The van der Waals surface area contributed by atoms with Crippen LogP contribution in [0.5, 0.6) is 0 Å². The van der Waals surface area contributed by atoms with Gasteiger partial charge in [-0.15, -0.1) is 23.7 Å². The maximum Gasteiger partial charge on any atom is 0.250 e. The fourth-order valence-corrected chi connectivity index (χ4v) is 4.35. The van der Waals surface area contributed by atoms with Gasteiger partial charge in [-0.2, -0.15) is 0 Å². The first-order chi connectivity index (χ1) is 7.53. The summed E-state index contributed by atoms with van der Waals surface area (Å²) in [4.78, 5) is 0. The van der Waals surface area contributed by atoms with Gasteiger partial charge in [0.1, 0.15) is 4.21 Å². The van der Waals surface area contributed by atoms with Crippen LogP contribution in [0.1, 0.15) is 12.8 Å². The summed E-state index contributed by atoms with van der Waals surface area (Å²) in [6, 6.07) is 2.94. The van der Waals surface area contributed by atoms with E-state index in [0.29, 0.717) is 16.8 Å². The summed E-state index contributed by atoms with van der Waals surface area (Å²) in [5, 5.41) is 0. The lowest BCUT2D eigenvalue weighted by Gasteiger charge is -2.15. The van der Waals surface area contributed by atoms with Crippen molar-refractivity contribution in [3.05, 3.63) is 16.5 Å². The standard InChI is InChI=1S/C9H13ClN2O2S2.ClH/c10-8-3-4-9(15-8)16(13,14)12-7(5-11)6-1-2-6;/h3-4,6-7,12H,1-2,5,11H2;1H. The quantitative estimate of drug-likeness (QED) is 0.870. The van der Waals surface area contributed by atoms with Crippen LogP contribution in [0.25, 0.3) is 0 Å². The number of rotatable bonds is 5. The summed E-state index contributed by atoms with van der Waals surface area (Å²) in [6.45, 7) is 0.336. The van der Waals surface area contributed by atoms with Gasteiger partial charge in [-0.3, -0.25) is 0 Å². The van der Waals surface area contributed by atoms with E-state index >= 15 is 0 Å². The van der Waals surface area contributed by atoms with Crippen molar-refractivity contribution in [2.24, 2.45) is 11.7 Å². The Kier molecular flexibility index (Phi) is 5.24. The van der Waals surface area contributed by atoms with Crippen molar-refractivity contribution in [1.29, 1.82) is 0 Å². The molecule has 98 valence electrons. The van der Waals surface area contributed by atoms with E-state index in [9.17, 15) is 8.42 Å². The average Bonchev–Trinajstić information content (AvgIpc) is 2.97. The maximum atomic E-state index is 11.9. The second-order valence-corrected chi connectivity index (χ2v) is 7.52. The molecule has 1 unspecified atom stereocenters. The Morgan fingerprint density at radius 1 is 1.53 bits per heavy atom. The summed E-state index contributed by atoms with van der Waals surface area (Å²) in [5.41, 5.74) is 5.55. The third kappa shape index (κ3) is 3.81. The molecule has 1 fully saturated rings. The summed E-state index contributed by atoms with van der Waals surface area (Å²) in [7, 11) is -3.45. The molecule has 1 aliphatic carbocycles. The molecule has 1 atom stereocenters. The number of halogens is 2. The van der Waals surface area contributed by atoms with Gasteiger partial charge in [-0.25, -0.2) is 13.1 Å². The minimum absolute atomic E-state index is 0. The summed E-state index contributed by atoms with van der Waals surface area (Å²) in [5.74, 6) is 0.398. The van der Waals surface area contributed by atoms with Gasteiger partial charge in [0, 0.05) is 12.6 Å². The van der Waals surface area contributed by atoms with Crippen LogP contribution < -0.4 is 10.5 Å². The van der Waals surface area contributed by atoms with Crippen LogP contribution in [0, 0.1) is 5.92 Å². The molecule has 0 saturated heterocycles. The minimum atomic E-state index is -3.45. The lowest BCUT2D eigenvalue weighted by Crippen LogP contribution is -2.41. The van der Waals surface area contributed by atoms with Gasteiger partial charge in [0.05, 0.1) is 4.34 Å². The first-order valence-corrected chi connectivity index (χ1v) is 7.68. The van der Waals surface area contributed by atoms with E-state index in [-0.39, 0.29) is 22.7 Å². The molecule has 4 nitrogen and oxygen atoms in total. The van der Waals surface area contributed by atoms with E-state index in [0.717, 1.165) is 24.2 Å². The van der Waals surface area contributed by atoms with Crippen LogP contribution in [0.3, 0.4) is 0 Å². The second-order valence-electron chi connectivity index (χ2n) is 3.86. The van der Waals surface area contributed by atoms with E-state index in [2.05, 4.69) is 4.72 Å². The molecule has 0 amide bonds. The smallest absolute Gasteiger partial charge is 0.250 e. The highest BCUT2D eigenvalue weighted by Crippen LogP contribution is 2.33. The molecule has 3 N–H and O–H groups in total. The lowest BCUT2D eigenvalue weighted by atomic mass is 10.2. The molecule has 2 rings (SSSR count). The molecule has 1 aromatic rings. The van der Waals surface area contributed by atoms with Gasteiger partial charge in [0.25, 0.3) is 0 Å². The molecular formula is C9H14Cl2N2O2S2. The van der Waals surface area contributed by atoms with Crippen molar-refractivity contribution < 1.29 is 8.42 Å². The molecule has 1 aliphatic rings. The van der Waals surface area contributed by atoms with Gasteiger partial charge < -0.3 is 5.73 Å². The van der Waals surface area contributed by atoms with E-state index in [4.69, 9.17) is 17.3 Å². The number of thiophene rings is 1. The van der Waals surface area contributed by atoms with Crippen LogP contribution in [0.2, 0.25) is 4.34 Å². The zero-order chi connectivity index (χ0) is 11.8. The normalized spacial score (nSPS) is 17.5. The van der Waals surface area contributed by atoms with Crippen LogP contribution in [0.4, 0.5) is 0 Å². The number of hydrogen-bond donors (Lipinski definition) is 2. The fraction of sp³-hybridized carbons (Fsp3) is 0.556. The predicted octanol–water partition coefficient (Wildman–Crippen LogP) is 1.84. The average molecular weight is 317 g/mol. The molecule has 0 spiro atoms. The third-order valence-corrected chi connectivity index (χ3v) is 5.78. The Balaban J connectivity index is 0.00000144. The van der Waals surface area contributed by atoms with Crippen LogP contribution >= 0.6 is 35.3 Å². The molecule has 17 heavy (non-hydrogen) atoms. The van der Waals surface area contributed by atoms with Crippen molar-refractivity contribution >= 4 is 45.4 Å². The zero-order valence-corrected chi connectivity index (χ0v) is 12.1. The second kappa shape index (κ2) is 5.86. The van der Waals surface area contributed by atoms with E-state index in [1.54, 1.807) is 6.07 Å². The van der Waals surface area contributed by atoms with Gasteiger partial charge in [-0.05, 0) is 30.9 Å². The number of hydrogen-bond acceptors (Lipinski definition) is 4. The van der Waals surface area contributed by atoms with Gasteiger partial charge in [0.2, 0.25) is 10.0 Å². The summed E-state index contributed by atoms with van der Waals surface area (Å²) >= 11 is 6.77. The van der Waals surface area contributed by atoms with Crippen LogP contribution in [0.15, 0.2) is 16.3 Å². The topological polar surface area (TPSA) is 72.2 Å². The van der Waals surface area contributed by atoms with Gasteiger partial charge in [0.15, 0.2) is 0 Å². The number of nitrogens with two attached hydrogens (primary N) is 1. The molecular weight excluding hydrogens is 303 g/mol. The third-order valence-electron chi connectivity index (χ3n) is 2.56. The Morgan fingerprint density at radius 2 is 2.18 bits per heavy atom. The molecule has 0 aromatic carbocycles. The van der Waals surface area contributed by atoms with Crippen LogP contribution in [-0.4, -0.2) is 21.0 Å². The molecule has 1 aromatic heterocycles. The van der Waals surface area contributed by atoms with E-state index in [1.807, 2.05) is 0 Å². The molecule has 0 radical (unpaired) electrons. The van der Waals surface area contributed by atoms with Crippen molar-refractivity contribution in [2.45, 2.75) is 23.1 Å². The number of nitrogens with one attached hydrogen (secondary N) is 1. The zero-order valence-electron chi connectivity index (χ0n) is 8.93.